The minimum Gasteiger partial charge on any atom is -0.465 e. The van der Waals surface area contributed by atoms with Crippen molar-refractivity contribution < 1.29 is 23.5 Å². The van der Waals surface area contributed by atoms with Crippen molar-refractivity contribution in [2.24, 2.45) is 11.1 Å². The molecule has 0 radical (unpaired) electrons. The molecule has 10 heteroatoms. The summed E-state index contributed by atoms with van der Waals surface area (Å²) < 4.78 is 27.9. The predicted octanol–water partition coefficient (Wildman–Crippen LogP) is 2.44. The summed E-state index contributed by atoms with van der Waals surface area (Å²) in [7, 11) is 4.08. The lowest BCUT2D eigenvalue weighted by Crippen LogP contribution is -2.48. The number of nitrogens with one attached hydrogen (secondary N) is 1. The average molecular weight is 478 g/mol. The van der Waals surface area contributed by atoms with Crippen LogP contribution in [0, 0.1) is 16.7 Å². The van der Waals surface area contributed by atoms with Crippen molar-refractivity contribution >= 4 is 12.0 Å². The largest absolute Gasteiger partial charge is 0.465 e. The Balaban J connectivity index is 0.000000212. The van der Waals surface area contributed by atoms with E-state index in [-0.39, 0.29) is 0 Å². The standard InChI is InChI=1S/C15H17F2N3O.C9H16N2O2/c16-15(17,8-11-4-2-1-3-5-11)9-12(19)13(21)20-14(10-18)6-7-14;1-10(2)7-5-11(8(12)13)6-9(7)3-4-9/h1-5,12H,6-9,19H2,(H,20,21);7H,3-6H2,1-2H3,(H,12,13)/t12-;/m0./s1. The van der Waals surface area contributed by atoms with Crippen LogP contribution < -0.4 is 11.1 Å². The van der Waals surface area contributed by atoms with Gasteiger partial charge in [0, 0.05) is 37.4 Å². The van der Waals surface area contributed by atoms with E-state index in [1.165, 1.54) is 12.8 Å². The zero-order chi connectivity index (χ0) is 25.1. The van der Waals surface area contributed by atoms with Crippen molar-refractivity contribution in [3.63, 3.8) is 0 Å². The molecule has 3 aliphatic rings. The lowest BCUT2D eigenvalue weighted by Gasteiger charge is -2.24. The normalized spacial score (nSPS) is 22.4. The van der Waals surface area contributed by atoms with Crippen molar-refractivity contribution in [1.29, 1.82) is 5.26 Å². The van der Waals surface area contributed by atoms with Crippen molar-refractivity contribution in [1.82, 2.24) is 15.1 Å². The minimum absolute atomic E-state index is 0.307. The van der Waals surface area contributed by atoms with E-state index in [9.17, 15) is 18.4 Å². The first-order valence-electron chi connectivity index (χ1n) is 11.5. The molecule has 2 saturated carbocycles. The van der Waals surface area contributed by atoms with Crippen LogP contribution in [-0.2, 0) is 11.2 Å². The van der Waals surface area contributed by atoms with Crippen LogP contribution in [0.5, 0.6) is 0 Å². The fourth-order valence-electron chi connectivity index (χ4n) is 4.56. The van der Waals surface area contributed by atoms with Crippen molar-refractivity contribution in [2.45, 2.75) is 62.1 Å². The Bertz CT molecular complexity index is 926. The van der Waals surface area contributed by atoms with Gasteiger partial charge in [0.25, 0.3) is 5.92 Å². The molecule has 3 fully saturated rings. The number of amides is 2. The number of carbonyl (C=O) groups excluding carboxylic acids is 1. The van der Waals surface area contributed by atoms with E-state index in [0.717, 1.165) is 6.54 Å². The third kappa shape index (κ3) is 6.42. The summed E-state index contributed by atoms with van der Waals surface area (Å²) in [5, 5.41) is 20.2. The number of likely N-dealkylation sites (N-methyl/N-ethyl adjacent to an activating group) is 1. The summed E-state index contributed by atoms with van der Waals surface area (Å²) in [6.45, 7) is 1.42. The van der Waals surface area contributed by atoms with E-state index >= 15 is 0 Å². The van der Waals surface area contributed by atoms with Crippen LogP contribution in [0.15, 0.2) is 30.3 Å². The molecule has 1 saturated heterocycles. The molecule has 8 nitrogen and oxygen atoms in total. The molecule has 2 amide bonds. The van der Waals surface area contributed by atoms with Gasteiger partial charge in [-0.3, -0.25) is 4.79 Å². The summed E-state index contributed by atoms with van der Waals surface area (Å²) in [6.07, 6.45) is 1.51. The molecule has 4 rings (SSSR count). The maximum atomic E-state index is 13.9. The van der Waals surface area contributed by atoms with Gasteiger partial charge >= 0.3 is 6.09 Å². The van der Waals surface area contributed by atoms with Gasteiger partial charge in [-0.2, -0.15) is 5.26 Å². The number of halogens is 2. The number of hydrogen-bond donors (Lipinski definition) is 3. The number of alkyl halides is 2. The first-order chi connectivity index (χ1) is 15.9. The van der Waals surface area contributed by atoms with Crippen LogP contribution in [0.1, 0.15) is 37.7 Å². The zero-order valence-corrected chi connectivity index (χ0v) is 19.6. The van der Waals surface area contributed by atoms with E-state index in [1.54, 1.807) is 35.2 Å². The molecule has 0 aromatic heterocycles. The number of rotatable bonds is 7. The number of benzene rings is 1. The molecule has 0 bridgehead atoms. The summed E-state index contributed by atoms with van der Waals surface area (Å²) in [5.41, 5.74) is 5.46. The summed E-state index contributed by atoms with van der Waals surface area (Å²) in [4.78, 5) is 26.3. The smallest absolute Gasteiger partial charge is 0.407 e. The Morgan fingerprint density at radius 2 is 1.91 bits per heavy atom. The Kier molecular flexibility index (Phi) is 7.48. The van der Waals surface area contributed by atoms with Gasteiger partial charge in [-0.25, -0.2) is 13.6 Å². The molecule has 1 heterocycles. The molecule has 1 unspecified atom stereocenters. The third-order valence-electron chi connectivity index (χ3n) is 6.88. The van der Waals surface area contributed by atoms with Gasteiger partial charge in [-0.15, -0.1) is 0 Å². The molecule has 1 aromatic carbocycles. The second kappa shape index (κ2) is 9.84. The van der Waals surface area contributed by atoms with Crippen molar-refractivity contribution in [3.05, 3.63) is 35.9 Å². The van der Waals surface area contributed by atoms with E-state index in [0.29, 0.717) is 36.4 Å². The topological polar surface area (TPSA) is 123 Å². The van der Waals surface area contributed by atoms with Crippen LogP contribution in [0.2, 0.25) is 0 Å². The SMILES string of the molecule is CN(C)C1CN(C(=O)O)CC12CC2.N#CC1(NC(=O)[C@@H](N)CC(F)(F)Cc2ccccc2)CC1. The monoisotopic (exact) mass is 477 g/mol. The van der Waals surface area contributed by atoms with Crippen LogP contribution in [0.25, 0.3) is 0 Å². The minimum atomic E-state index is -3.07. The molecular formula is C24H33F2N5O3. The number of nitrogens with two attached hydrogens (primary N) is 1. The second-order valence-corrected chi connectivity index (χ2v) is 10.0. The van der Waals surface area contributed by atoms with Gasteiger partial charge in [0.1, 0.15) is 5.54 Å². The fourth-order valence-corrected chi connectivity index (χ4v) is 4.56. The number of nitrogens with zero attached hydrogens (tertiary/aromatic N) is 3. The van der Waals surface area contributed by atoms with E-state index < -0.39 is 42.3 Å². The van der Waals surface area contributed by atoms with Crippen LogP contribution in [-0.4, -0.2) is 77.6 Å². The molecule has 34 heavy (non-hydrogen) atoms. The lowest BCUT2D eigenvalue weighted by molar-refractivity contribution is -0.125. The molecule has 4 N–H and O–H groups in total. The first kappa shape index (κ1) is 25.8. The van der Waals surface area contributed by atoms with Gasteiger partial charge in [0.15, 0.2) is 0 Å². The van der Waals surface area contributed by atoms with Gasteiger partial charge < -0.3 is 26.0 Å². The van der Waals surface area contributed by atoms with E-state index in [1.807, 2.05) is 20.2 Å². The predicted molar refractivity (Wildman–Crippen MR) is 122 cm³/mol. The molecule has 186 valence electrons. The highest BCUT2D eigenvalue weighted by atomic mass is 19.3. The quantitative estimate of drug-likeness (QED) is 0.554. The highest BCUT2D eigenvalue weighted by Crippen LogP contribution is 2.54. The molecule has 2 atom stereocenters. The number of nitriles is 1. The number of carboxylic acid groups (broad SMARTS) is 1. The van der Waals surface area contributed by atoms with Crippen molar-refractivity contribution in [3.8, 4) is 6.07 Å². The Hall–Kier alpha value is -2.77. The summed E-state index contributed by atoms with van der Waals surface area (Å²) >= 11 is 0. The van der Waals surface area contributed by atoms with Gasteiger partial charge in [-0.05, 0) is 45.3 Å². The number of hydrogen-bond acceptors (Lipinski definition) is 5. The first-order valence-corrected chi connectivity index (χ1v) is 11.5. The molecule has 1 aliphatic heterocycles. The van der Waals surface area contributed by atoms with Gasteiger partial charge in [-0.1, -0.05) is 30.3 Å². The molecule has 1 aromatic rings. The number of carbonyl (C=O) groups is 2. The fraction of sp³-hybridized carbons (Fsp3) is 0.625. The second-order valence-electron chi connectivity index (χ2n) is 10.0. The Labute approximate surface area is 198 Å². The summed E-state index contributed by atoms with van der Waals surface area (Å²) in [5.74, 6) is -3.76. The Morgan fingerprint density at radius 3 is 2.35 bits per heavy atom. The average Bonchev–Trinajstić information content (AvgIpc) is 3.66. The highest BCUT2D eigenvalue weighted by molar-refractivity contribution is 5.83. The molecular weight excluding hydrogens is 444 g/mol. The summed E-state index contributed by atoms with van der Waals surface area (Å²) in [6, 6.07) is 9.40. The van der Waals surface area contributed by atoms with E-state index in [2.05, 4.69) is 10.2 Å². The van der Waals surface area contributed by atoms with Crippen LogP contribution in [0.3, 0.4) is 0 Å². The van der Waals surface area contributed by atoms with Gasteiger partial charge in [0.05, 0.1) is 12.1 Å². The van der Waals surface area contributed by atoms with Crippen LogP contribution in [0.4, 0.5) is 13.6 Å². The Morgan fingerprint density at radius 1 is 1.29 bits per heavy atom. The highest BCUT2D eigenvalue weighted by Gasteiger charge is 2.56. The lowest BCUT2D eigenvalue weighted by atomic mass is 10.0. The zero-order valence-electron chi connectivity index (χ0n) is 19.6. The van der Waals surface area contributed by atoms with E-state index in [4.69, 9.17) is 16.1 Å². The number of likely N-dealkylation sites (tertiary alicyclic amines) is 1. The maximum absolute atomic E-state index is 13.9. The van der Waals surface area contributed by atoms with Crippen LogP contribution >= 0.6 is 0 Å². The molecule has 2 aliphatic carbocycles. The third-order valence-corrected chi connectivity index (χ3v) is 6.88. The maximum Gasteiger partial charge on any atom is 0.407 e. The molecule has 1 spiro atoms. The van der Waals surface area contributed by atoms with Gasteiger partial charge in [0.2, 0.25) is 5.91 Å². The van der Waals surface area contributed by atoms with Crippen molar-refractivity contribution in [2.75, 3.05) is 27.2 Å².